The van der Waals surface area contributed by atoms with Crippen molar-refractivity contribution >= 4 is 23.6 Å². The van der Waals surface area contributed by atoms with Crippen LogP contribution in [0.5, 0.6) is 0 Å². The second-order valence-corrected chi connectivity index (χ2v) is 3.37. The van der Waals surface area contributed by atoms with Gasteiger partial charge in [0.25, 0.3) is 0 Å². The molecular weight excluding hydrogens is 198 g/mol. The lowest BCUT2D eigenvalue weighted by molar-refractivity contribution is 0.112. The molecule has 0 saturated heterocycles. The minimum atomic E-state index is 0.582. The molecule has 0 atom stereocenters. The molecule has 0 fully saturated rings. The third-order valence-electron chi connectivity index (χ3n) is 1.93. The first kappa shape index (κ1) is 10.8. The quantitative estimate of drug-likeness (QED) is 0.562. The Balaban J connectivity index is 3.15. The summed E-state index contributed by atoms with van der Waals surface area (Å²) in [5.74, 6) is 0. The maximum atomic E-state index is 10.8. The fourth-order valence-electron chi connectivity index (χ4n) is 1.31. The second-order valence-electron chi connectivity index (χ2n) is 2.96. The van der Waals surface area contributed by atoms with Crippen molar-refractivity contribution in [1.82, 2.24) is 0 Å². The van der Waals surface area contributed by atoms with Crippen LogP contribution in [0.2, 0.25) is 5.02 Å². The average Bonchev–Trinajstić information content (AvgIpc) is 2.17. The summed E-state index contributed by atoms with van der Waals surface area (Å²) in [6.45, 7) is 4.30. The molecule has 74 valence electrons. The molecule has 0 aliphatic rings. The Hall–Kier alpha value is -1.28. The number of likely N-dealkylation sites (N-methyl/N-ethyl adjacent to an activating group) is 1. The zero-order valence-corrected chi connectivity index (χ0v) is 8.79. The predicted molar refractivity (Wildman–Crippen MR) is 60.3 cm³/mol. The Morgan fingerprint density at radius 3 is 2.86 bits per heavy atom. The number of halogens is 1. The fourth-order valence-corrected chi connectivity index (χ4v) is 1.64. The van der Waals surface area contributed by atoms with Gasteiger partial charge in [0.2, 0.25) is 0 Å². The standard InChI is InChI=1S/C11H12ClNO/c1-3-7-13(2)11-9(8-14)5-4-6-10(11)12/h3-6,8H,1,7H2,2H3. The highest BCUT2D eigenvalue weighted by molar-refractivity contribution is 6.33. The third kappa shape index (κ3) is 2.15. The minimum absolute atomic E-state index is 0.582. The highest BCUT2D eigenvalue weighted by Crippen LogP contribution is 2.27. The maximum Gasteiger partial charge on any atom is 0.152 e. The monoisotopic (exact) mass is 209 g/mol. The molecule has 0 N–H and O–H groups in total. The van der Waals surface area contributed by atoms with E-state index >= 15 is 0 Å². The van der Waals surface area contributed by atoms with Crippen LogP contribution in [0.4, 0.5) is 5.69 Å². The van der Waals surface area contributed by atoms with E-state index in [0.717, 1.165) is 12.0 Å². The summed E-state index contributed by atoms with van der Waals surface area (Å²) in [7, 11) is 1.87. The zero-order chi connectivity index (χ0) is 10.6. The van der Waals surface area contributed by atoms with Gasteiger partial charge in [0.1, 0.15) is 0 Å². The summed E-state index contributed by atoms with van der Waals surface area (Å²) >= 11 is 6.00. The van der Waals surface area contributed by atoms with Gasteiger partial charge in [0.05, 0.1) is 10.7 Å². The van der Waals surface area contributed by atoms with E-state index < -0.39 is 0 Å². The van der Waals surface area contributed by atoms with Crippen molar-refractivity contribution in [1.29, 1.82) is 0 Å². The molecule has 0 saturated carbocycles. The van der Waals surface area contributed by atoms with Gasteiger partial charge in [0.15, 0.2) is 6.29 Å². The number of hydrogen-bond donors (Lipinski definition) is 0. The summed E-state index contributed by atoms with van der Waals surface area (Å²) in [5.41, 5.74) is 1.35. The smallest absolute Gasteiger partial charge is 0.152 e. The van der Waals surface area contributed by atoms with Crippen LogP contribution in [0.1, 0.15) is 10.4 Å². The molecule has 1 aromatic rings. The number of aldehydes is 1. The lowest BCUT2D eigenvalue weighted by atomic mass is 10.2. The average molecular weight is 210 g/mol. The minimum Gasteiger partial charge on any atom is -0.369 e. The van der Waals surface area contributed by atoms with Crippen molar-refractivity contribution in [3.8, 4) is 0 Å². The summed E-state index contributed by atoms with van der Waals surface area (Å²) in [6.07, 6.45) is 2.57. The van der Waals surface area contributed by atoms with E-state index in [1.807, 2.05) is 11.9 Å². The van der Waals surface area contributed by atoms with Gasteiger partial charge in [-0.25, -0.2) is 0 Å². The fraction of sp³-hybridized carbons (Fsp3) is 0.182. The largest absolute Gasteiger partial charge is 0.369 e. The Bertz CT molecular complexity index is 349. The molecule has 14 heavy (non-hydrogen) atoms. The summed E-state index contributed by atoms with van der Waals surface area (Å²) in [4.78, 5) is 12.7. The van der Waals surface area contributed by atoms with E-state index in [9.17, 15) is 4.79 Å². The number of carbonyl (C=O) groups excluding carboxylic acids is 1. The first-order chi connectivity index (χ1) is 6.70. The zero-order valence-electron chi connectivity index (χ0n) is 8.03. The summed E-state index contributed by atoms with van der Waals surface area (Å²) in [6, 6.07) is 5.27. The highest BCUT2D eigenvalue weighted by Gasteiger charge is 2.09. The Labute approximate surface area is 88.8 Å². The molecule has 0 aliphatic heterocycles. The molecule has 0 aromatic heterocycles. The molecule has 1 rings (SSSR count). The van der Waals surface area contributed by atoms with Crippen molar-refractivity contribution in [3.63, 3.8) is 0 Å². The van der Waals surface area contributed by atoms with Gasteiger partial charge in [-0.2, -0.15) is 0 Å². The SMILES string of the molecule is C=CCN(C)c1c(Cl)cccc1C=O. The number of benzene rings is 1. The molecular formula is C11H12ClNO. The summed E-state index contributed by atoms with van der Waals surface area (Å²) in [5, 5.41) is 0.582. The van der Waals surface area contributed by atoms with E-state index in [2.05, 4.69) is 6.58 Å². The molecule has 0 heterocycles. The first-order valence-electron chi connectivity index (χ1n) is 4.26. The normalized spacial score (nSPS) is 9.57. The lowest BCUT2D eigenvalue weighted by Gasteiger charge is -2.20. The van der Waals surface area contributed by atoms with E-state index in [1.54, 1.807) is 24.3 Å². The molecule has 0 bridgehead atoms. The number of rotatable bonds is 4. The van der Waals surface area contributed by atoms with E-state index in [0.29, 0.717) is 17.1 Å². The van der Waals surface area contributed by atoms with Crippen LogP contribution in [0.15, 0.2) is 30.9 Å². The van der Waals surface area contributed by atoms with Gasteiger partial charge in [0, 0.05) is 19.2 Å². The number of nitrogens with zero attached hydrogens (tertiary/aromatic N) is 1. The van der Waals surface area contributed by atoms with Crippen LogP contribution in [-0.2, 0) is 0 Å². The Morgan fingerprint density at radius 1 is 1.57 bits per heavy atom. The Kier molecular flexibility index (Phi) is 3.72. The van der Waals surface area contributed by atoms with Crippen LogP contribution < -0.4 is 4.90 Å². The molecule has 0 spiro atoms. The molecule has 0 amide bonds. The predicted octanol–water partition coefficient (Wildman–Crippen LogP) is 2.77. The van der Waals surface area contributed by atoms with Crippen molar-refractivity contribution in [2.45, 2.75) is 0 Å². The van der Waals surface area contributed by atoms with Crippen molar-refractivity contribution in [2.75, 3.05) is 18.5 Å². The molecule has 0 unspecified atom stereocenters. The second kappa shape index (κ2) is 4.82. The van der Waals surface area contributed by atoms with Crippen molar-refractivity contribution < 1.29 is 4.79 Å². The van der Waals surface area contributed by atoms with Gasteiger partial charge in [-0.05, 0) is 12.1 Å². The number of anilines is 1. The third-order valence-corrected chi connectivity index (χ3v) is 2.23. The molecule has 0 aliphatic carbocycles. The molecule has 3 heteroatoms. The van der Waals surface area contributed by atoms with Crippen molar-refractivity contribution in [3.05, 3.63) is 41.4 Å². The van der Waals surface area contributed by atoms with E-state index in [-0.39, 0.29) is 0 Å². The van der Waals surface area contributed by atoms with Gasteiger partial charge in [-0.1, -0.05) is 23.7 Å². The van der Waals surface area contributed by atoms with Crippen molar-refractivity contribution in [2.24, 2.45) is 0 Å². The van der Waals surface area contributed by atoms with E-state index in [4.69, 9.17) is 11.6 Å². The molecule has 2 nitrogen and oxygen atoms in total. The van der Waals surface area contributed by atoms with Crippen LogP contribution >= 0.6 is 11.6 Å². The Morgan fingerprint density at radius 2 is 2.29 bits per heavy atom. The van der Waals surface area contributed by atoms with Gasteiger partial charge in [-0.3, -0.25) is 4.79 Å². The van der Waals surface area contributed by atoms with Gasteiger partial charge in [-0.15, -0.1) is 6.58 Å². The first-order valence-corrected chi connectivity index (χ1v) is 4.64. The van der Waals surface area contributed by atoms with Gasteiger partial charge >= 0.3 is 0 Å². The van der Waals surface area contributed by atoms with Crippen LogP contribution in [0.25, 0.3) is 0 Å². The number of hydrogen-bond acceptors (Lipinski definition) is 2. The molecule has 1 aromatic carbocycles. The topological polar surface area (TPSA) is 20.3 Å². The number of para-hydroxylation sites is 1. The maximum absolute atomic E-state index is 10.8. The van der Waals surface area contributed by atoms with Gasteiger partial charge < -0.3 is 4.90 Å². The lowest BCUT2D eigenvalue weighted by Crippen LogP contribution is -2.18. The molecule has 0 radical (unpaired) electrons. The summed E-state index contributed by atoms with van der Waals surface area (Å²) < 4.78 is 0. The van der Waals surface area contributed by atoms with E-state index in [1.165, 1.54) is 0 Å². The van der Waals surface area contributed by atoms with Crippen LogP contribution in [0.3, 0.4) is 0 Å². The highest BCUT2D eigenvalue weighted by atomic mass is 35.5. The van der Waals surface area contributed by atoms with Crippen LogP contribution in [0, 0.1) is 0 Å². The van der Waals surface area contributed by atoms with Crippen LogP contribution in [-0.4, -0.2) is 19.9 Å². The number of carbonyl (C=O) groups is 1.